The van der Waals surface area contributed by atoms with E-state index in [1.54, 1.807) is 18.2 Å². The maximum Gasteiger partial charge on any atom is 0.254 e. The topological polar surface area (TPSA) is 41.1 Å². The summed E-state index contributed by atoms with van der Waals surface area (Å²) in [6, 6.07) is 5.68. The Balaban J connectivity index is 1.85. The Bertz CT molecular complexity index is 399. The first-order chi connectivity index (χ1) is 8.18. The molecule has 0 radical (unpaired) electrons. The lowest BCUT2D eigenvalue weighted by atomic mass is 10.2. The van der Waals surface area contributed by atoms with Crippen LogP contribution in [0.1, 0.15) is 23.2 Å². The molecule has 0 spiro atoms. The minimum atomic E-state index is -0.224. The average molecular weight is 273 g/mol. The van der Waals surface area contributed by atoms with Gasteiger partial charge in [-0.25, -0.2) is 0 Å². The fourth-order valence-corrected chi connectivity index (χ4v) is 2.11. The van der Waals surface area contributed by atoms with Gasteiger partial charge in [0.15, 0.2) is 0 Å². The molecule has 0 aliphatic heterocycles. The van der Waals surface area contributed by atoms with Crippen molar-refractivity contribution >= 4 is 29.1 Å². The Morgan fingerprint density at radius 1 is 1.24 bits per heavy atom. The van der Waals surface area contributed by atoms with Crippen LogP contribution in [-0.2, 0) is 0 Å². The number of benzene rings is 1. The van der Waals surface area contributed by atoms with Crippen molar-refractivity contribution in [2.75, 3.05) is 13.1 Å². The van der Waals surface area contributed by atoms with E-state index in [2.05, 4.69) is 10.6 Å². The minimum Gasteiger partial charge on any atom is -0.351 e. The zero-order chi connectivity index (χ0) is 12.3. The van der Waals surface area contributed by atoms with E-state index >= 15 is 0 Å². The molecule has 92 valence electrons. The zero-order valence-electron chi connectivity index (χ0n) is 9.30. The highest BCUT2D eigenvalue weighted by Crippen LogP contribution is 2.23. The van der Waals surface area contributed by atoms with Crippen LogP contribution in [-0.4, -0.2) is 25.0 Å². The van der Waals surface area contributed by atoms with Crippen LogP contribution < -0.4 is 10.6 Å². The lowest BCUT2D eigenvalue weighted by Crippen LogP contribution is -2.32. The van der Waals surface area contributed by atoms with Crippen LogP contribution in [0.25, 0.3) is 0 Å². The Hall–Kier alpha value is -0.770. The summed E-state index contributed by atoms with van der Waals surface area (Å²) < 4.78 is 0. The molecular weight excluding hydrogens is 259 g/mol. The van der Waals surface area contributed by atoms with Gasteiger partial charge in [-0.05, 0) is 25.0 Å². The van der Waals surface area contributed by atoms with Gasteiger partial charge in [0.1, 0.15) is 0 Å². The molecule has 1 aliphatic carbocycles. The third-order valence-electron chi connectivity index (χ3n) is 2.61. The molecule has 0 aromatic heterocycles. The van der Waals surface area contributed by atoms with Crippen molar-refractivity contribution in [1.82, 2.24) is 10.6 Å². The Morgan fingerprint density at radius 2 is 1.88 bits per heavy atom. The summed E-state index contributed by atoms with van der Waals surface area (Å²) in [5, 5.41) is 6.86. The number of amides is 1. The molecule has 0 bridgehead atoms. The summed E-state index contributed by atoms with van der Waals surface area (Å²) in [7, 11) is 0. The summed E-state index contributed by atoms with van der Waals surface area (Å²) in [6.45, 7) is 1.36. The predicted octanol–water partition coefficient (Wildman–Crippen LogP) is 2.48. The largest absolute Gasteiger partial charge is 0.351 e. The highest BCUT2D eigenvalue weighted by atomic mass is 35.5. The van der Waals surface area contributed by atoms with Crippen LogP contribution in [0, 0.1) is 0 Å². The molecule has 0 unspecified atom stereocenters. The molecule has 1 saturated carbocycles. The monoisotopic (exact) mass is 272 g/mol. The second kappa shape index (κ2) is 5.71. The highest BCUT2D eigenvalue weighted by molar-refractivity contribution is 6.39. The molecule has 1 aromatic carbocycles. The van der Waals surface area contributed by atoms with E-state index in [9.17, 15) is 4.79 Å². The SMILES string of the molecule is O=C(NCCNC1CC1)c1c(Cl)cccc1Cl. The van der Waals surface area contributed by atoms with Gasteiger partial charge in [-0.2, -0.15) is 0 Å². The normalized spacial score (nSPS) is 14.7. The first-order valence-corrected chi connectivity index (χ1v) is 6.39. The van der Waals surface area contributed by atoms with E-state index in [1.807, 2.05) is 0 Å². The second-order valence-electron chi connectivity index (χ2n) is 4.08. The van der Waals surface area contributed by atoms with Crippen molar-refractivity contribution in [3.05, 3.63) is 33.8 Å². The molecule has 2 N–H and O–H groups in total. The molecule has 0 heterocycles. The fourth-order valence-electron chi connectivity index (χ4n) is 1.54. The van der Waals surface area contributed by atoms with Gasteiger partial charge in [0.25, 0.3) is 5.91 Å². The maximum absolute atomic E-state index is 11.8. The smallest absolute Gasteiger partial charge is 0.254 e. The van der Waals surface area contributed by atoms with Crippen molar-refractivity contribution in [3.63, 3.8) is 0 Å². The summed E-state index contributed by atoms with van der Waals surface area (Å²) in [4.78, 5) is 11.8. The van der Waals surface area contributed by atoms with Gasteiger partial charge < -0.3 is 10.6 Å². The summed E-state index contributed by atoms with van der Waals surface area (Å²) in [5.41, 5.74) is 0.349. The van der Waals surface area contributed by atoms with E-state index in [0.717, 1.165) is 6.54 Å². The van der Waals surface area contributed by atoms with Crippen LogP contribution in [0.15, 0.2) is 18.2 Å². The molecule has 1 fully saturated rings. The quantitative estimate of drug-likeness (QED) is 0.809. The van der Waals surface area contributed by atoms with Gasteiger partial charge >= 0.3 is 0 Å². The fraction of sp³-hybridized carbons (Fsp3) is 0.417. The molecular formula is C12H14Cl2N2O. The van der Waals surface area contributed by atoms with Crippen LogP contribution in [0.3, 0.4) is 0 Å². The van der Waals surface area contributed by atoms with E-state index in [-0.39, 0.29) is 5.91 Å². The van der Waals surface area contributed by atoms with E-state index in [4.69, 9.17) is 23.2 Å². The van der Waals surface area contributed by atoms with Gasteiger partial charge in [0.2, 0.25) is 0 Å². The van der Waals surface area contributed by atoms with Crippen molar-refractivity contribution in [1.29, 1.82) is 0 Å². The molecule has 1 aliphatic rings. The predicted molar refractivity (Wildman–Crippen MR) is 69.8 cm³/mol. The molecule has 0 saturated heterocycles. The van der Waals surface area contributed by atoms with Gasteiger partial charge in [-0.1, -0.05) is 29.3 Å². The van der Waals surface area contributed by atoms with E-state index < -0.39 is 0 Å². The maximum atomic E-state index is 11.8. The lowest BCUT2D eigenvalue weighted by molar-refractivity contribution is 0.0954. The van der Waals surface area contributed by atoms with Crippen LogP contribution >= 0.6 is 23.2 Å². The Kier molecular flexibility index (Phi) is 4.26. The molecule has 2 rings (SSSR count). The van der Waals surface area contributed by atoms with Crippen molar-refractivity contribution in [2.24, 2.45) is 0 Å². The summed E-state index contributed by atoms with van der Waals surface area (Å²) in [5.74, 6) is -0.224. The number of carbonyl (C=O) groups excluding carboxylic acids is 1. The number of hydrogen-bond donors (Lipinski definition) is 2. The van der Waals surface area contributed by atoms with E-state index in [1.165, 1.54) is 12.8 Å². The van der Waals surface area contributed by atoms with Crippen LogP contribution in [0.5, 0.6) is 0 Å². The van der Waals surface area contributed by atoms with Crippen molar-refractivity contribution in [2.45, 2.75) is 18.9 Å². The highest BCUT2D eigenvalue weighted by Gasteiger charge is 2.20. The molecule has 3 nitrogen and oxygen atoms in total. The Labute approximate surface area is 110 Å². The molecule has 5 heteroatoms. The molecule has 0 atom stereocenters. The Morgan fingerprint density at radius 3 is 2.47 bits per heavy atom. The molecule has 1 amide bonds. The number of hydrogen-bond acceptors (Lipinski definition) is 2. The third-order valence-corrected chi connectivity index (χ3v) is 3.24. The van der Waals surface area contributed by atoms with Crippen LogP contribution in [0.2, 0.25) is 10.0 Å². The number of rotatable bonds is 5. The van der Waals surface area contributed by atoms with Gasteiger partial charge in [0.05, 0.1) is 15.6 Å². The standard InChI is InChI=1S/C12H14Cl2N2O/c13-9-2-1-3-10(14)11(9)12(17)16-7-6-15-8-4-5-8/h1-3,8,15H,4-7H2,(H,16,17). The van der Waals surface area contributed by atoms with Gasteiger partial charge in [0, 0.05) is 19.1 Å². The molecule has 17 heavy (non-hydrogen) atoms. The van der Waals surface area contributed by atoms with Gasteiger partial charge in [-0.15, -0.1) is 0 Å². The summed E-state index contributed by atoms with van der Waals surface area (Å²) in [6.07, 6.45) is 2.48. The average Bonchev–Trinajstić information content (AvgIpc) is 3.08. The minimum absolute atomic E-state index is 0.224. The van der Waals surface area contributed by atoms with Crippen molar-refractivity contribution < 1.29 is 4.79 Å². The number of halogens is 2. The first-order valence-electron chi connectivity index (χ1n) is 5.64. The second-order valence-corrected chi connectivity index (χ2v) is 4.90. The zero-order valence-corrected chi connectivity index (χ0v) is 10.8. The molecule has 1 aromatic rings. The summed E-state index contributed by atoms with van der Waals surface area (Å²) >= 11 is 11.9. The lowest BCUT2D eigenvalue weighted by Gasteiger charge is -2.08. The van der Waals surface area contributed by atoms with Crippen molar-refractivity contribution in [3.8, 4) is 0 Å². The van der Waals surface area contributed by atoms with Crippen LogP contribution in [0.4, 0.5) is 0 Å². The third kappa shape index (κ3) is 3.60. The number of nitrogens with one attached hydrogen (secondary N) is 2. The first kappa shape index (κ1) is 12.7. The number of carbonyl (C=O) groups is 1. The van der Waals surface area contributed by atoms with E-state index in [0.29, 0.717) is 28.2 Å². The van der Waals surface area contributed by atoms with Gasteiger partial charge in [-0.3, -0.25) is 4.79 Å².